The lowest BCUT2D eigenvalue weighted by molar-refractivity contribution is 0.290. The Morgan fingerprint density at radius 3 is 2.71 bits per heavy atom. The number of hydrogen-bond acceptors (Lipinski definition) is 5. The van der Waals surface area contributed by atoms with E-state index >= 15 is 0 Å². The Morgan fingerprint density at radius 2 is 2.00 bits per heavy atom. The predicted octanol–water partition coefficient (Wildman–Crippen LogP) is 0.827. The van der Waals surface area contributed by atoms with Gasteiger partial charge < -0.3 is 5.73 Å². The average Bonchev–Trinajstić information content (AvgIpc) is 2.66. The van der Waals surface area contributed by atoms with E-state index in [-0.39, 0.29) is 0 Å². The van der Waals surface area contributed by atoms with Crippen molar-refractivity contribution in [3.8, 4) is 0 Å². The van der Waals surface area contributed by atoms with Crippen LogP contribution in [0.5, 0.6) is 0 Å². The first-order valence-electron chi connectivity index (χ1n) is 5.79. The first kappa shape index (κ1) is 13.0. The number of rotatable bonds is 3. The van der Waals surface area contributed by atoms with Crippen molar-refractivity contribution in [3.63, 3.8) is 0 Å². The van der Waals surface area contributed by atoms with Crippen molar-refractivity contribution in [3.05, 3.63) is 21.9 Å². The number of nitrogens with two attached hydrogens (primary N) is 1. The number of sulfone groups is 1. The van der Waals surface area contributed by atoms with E-state index in [1.54, 1.807) is 11.3 Å². The summed E-state index contributed by atoms with van der Waals surface area (Å²) in [4.78, 5) is 4.67. The Bertz CT molecular complexity index is 468. The summed E-state index contributed by atoms with van der Waals surface area (Å²) in [5.41, 5.74) is 5.57. The van der Waals surface area contributed by atoms with Gasteiger partial charge in [-0.25, -0.2) is 8.42 Å². The predicted molar refractivity (Wildman–Crippen MR) is 70.8 cm³/mol. The van der Waals surface area contributed by atoms with Gasteiger partial charge in [0.25, 0.3) is 0 Å². The molecule has 0 atom stereocenters. The van der Waals surface area contributed by atoms with Gasteiger partial charge in [-0.2, -0.15) is 0 Å². The minimum atomic E-state index is -2.80. The molecule has 0 saturated carbocycles. The molecule has 0 aliphatic carbocycles. The topological polar surface area (TPSA) is 63.4 Å². The van der Waals surface area contributed by atoms with Crippen molar-refractivity contribution >= 4 is 21.2 Å². The second-order valence-corrected chi connectivity index (χ2v) is 7.91. The molecule has 17 heavy (non-hydrogen) atoms. The molecule has 1 aliphatic rings. The van der Waals surface area contributed by atoms with Gasteiger partial charge in [-0.05, 0) is 25.1 Å². The van der Waals surface area contributed by atoms with Crippen LogP contribution in [0.15, 0.2) is 12.1 Å². The smallest absolute Gasteiger partial charge is 0.151 e. The summed E-state index contributed by atoms with van der Waals surface area (Å²) < 4.78 is 23.0. The zero-order valence-corrected chi connectivity index (χ0v) is 11.4. The van der Waals surface area contributed by atoms with E-state index in [0.29, 0.717) is 24.6 Å². The van der Waals surface area contributed by atoms with Crippen molar-refractivity contribution in [1.82, 2.24) is 4.90 Å². The van der Waals surface area contributed by atoms with Crippen molar-refractivity contribution in [2.75, 3.05) is 24.6 Å². The highest BCUT2D eigenvalue weighted by atomic mass is 32.2. The van der Waals surface area contributed by atoms with Gasteiger partial charge in [0.15, 0.2) is 9.84 Å². The second kappa shape index (κ2) is 5.48. The number of thiophene rings is 1. The van der Waals surface area contributed by atoms with E-state index in [1.165, 1.54) is 9.75 Å². The molecule has 2 rings (SSSR count). The molecule has 1 aromatic rings. The lowest BCUT2D eigenvalue weighted by Gasteiger charge is -2.17. The molecule has 0 bridgehead atoms. The van der Waals surface area contributed by atoms with E-state index in [9.17, 15) is 8.42 Å². The summed E-state index contributed by atoms with van der Waals surface area (Å²) in [6.45, 7) is 2.95. The van der Waals surface area contributed by atoms with Gasteiger partial charge >= 0.3 is 0 Å². The number of hydrogen-bond donors (Lipinski definition) is 1. The third kappa shape index (κ3) is 3.77. The molecule has 2 N–H and O–H groups in total. The molecule has 4 nitrogen and oxygen atoms in total. The molecular weight excluding hydrogens is 256 g/mol. The molecule has 0 radical (unpaired) electrons. The third-order valence-electron chi connectivity index (χ3n) is 2.95. The van der Waals surface area contributed by atoms with E-state index < -0.39 is 9.84 Å². The van der Waals surface area contributed by atoms with Gasteiger partial charge in [-0.3, -0.25) is 4.90 Å². The van der Waals surface area contributed by atoms with Gasteiger partial charge in [0.1, 0.15) is 0 Å². The third-order valence-corrected chi connectivity index (χ3v) is 5.75. The summed E-state index contributed by atoms with van der Waals surface area (Å²) >= 11 is 1.72. The highest BCUT2D eigenvalue weighted by Crippen LogP contribution is 2.18. The van der Waals surface area contributed by atoms with Gasteiger partial charge in [0.2, 0.25) is 0 Å². The van der Waals surface area contributed by atoms with Crippen LogP contribution < -0.4 is 5.73 Å². The molecule has 96 valence electrons. The standard InChI is InChI=1S/C11H18N2O2S2/c12-8-10-2-3-11(16-10)9-13-4-1-6-17(14,15)7-5-13/h2-3H,1,4-9,12H2. The molecule has 1 aromatic heterocycles. The second-order valence-electron chi connectivity index (χ2n) is 4.35. The zero-order chi connectivity index (χ0) is 12.3. The minimum Gasteiger partial charge on any atom is -0.326 e. The first-order chi connectivity index (χ1) is 8.09. The van der Waals surface area contributed by atoms with Crippen LogP contribution in [-0.2, 0) is 22.9 Å². The SMILES string of the molecule is NCc1ccc(CN2CCCS(=O)(=O)CC2)s1. The molecule has 0 aromatic carbocycles. The fraction of sp³-hybridized carbons (Fsp3) is 0.636. The molecule has 0 spiro atoms. The Morgan fingerprint density at radius 1 is 1.24 bits per heavy atom. The van der Waals surface area contributed by atoms with Gasteiger partial charge in [0, 0.05) is 29.4 Å². The van der Waals surface area contributed by atoms with Gasteiger partial charge in [-0.15, -0.1) is 11.3 Å². The lowest BCUT2D eigenvalue weighted by atomic mass is 10.3. The van der Waals surface area contributed by atoms with E-state index in [4.69, 9.17) is 5.73 Å². The fourth-order valence-electron chi connectivity index (χ4n) is 1.99. The molecule has 1 aliphatic heterocycles. The maximum absolute atomic E-state index is 11.5. The molecular formula is C11H18N2O2S2. The maximum atomic E-state index is 11.5. The van der Waals surface area contributed by atoms with Crippen LogP contribution in [0.2, 0.25) is 0 Å². The van der Waals surface area contributed by atoms with Crippen molar-refractivity contribution in [1.29, 1.82) is 0 Å². The lowest BCUT2D eigenvalue weighted by Crippen LogP contribution is -2.26. The van der Waals surface area contributed by atoms with Crippen molar-refractivity contribution in [2.24, 2.45) is 5.73 Å². The number of nitrogens with zero attached hydrogens (tertiary/aromatic N) is 1. The van der Waals surface area contributed by atoms with Crippen LogP contribution in [0.1, 0.15) is 16.2 Å². The Labute approximate surface area is 106 Å². The fourth-order valence-corrected chi connectivity index (χ4v) is 4.23. The van der Waals surface area contributed by atoms with Crippen LogP contribution in [0, 0.1) is 0 Å². The summed E-state index contributed by atoms with van der Waals surface area (Å²) in [6, 6.07) is 4.14. The monoisotopic (exact) mass is 274 g/mol. The zero-order valence-electron chi connectivity index (χ0n) is 9.76. The molecule has 1 saturated heterocycles. The highest BCUT2D eigenvalue weighted by molar-refractivity contribution is 7.91. The van der Waals surface area contributed by atoms with Gasteiger partial charge in [-0.1, -0.05) is 0 Å². The first-order valence-corrected chi connectivity index (χ1v) is 8.43. The minimum absolute atomic E-state index is 0.294. The van der Waals surface area contributed by atoms with Crippen LogP contribution in [-0.4, -0.2) is 37.9 Å². The van der Waals surface area contributed by atoms with E-state index in [2.05, 4.69) is 17.0 Å². The Balaban J connectivity index is 1.95. The van der Waals surface area contributed by atoms with Crippen LogP contribution >= 0.6 is 11.3 Å². The molecule has 0 unspecified atom stereocenters. The van der Waals surface area contributed by atoms with Crippen molar-refractivity contribution in [2.45, 2.75) is 19.5 Å². The quantitative estimate of drug-likeness (QED) is 0.886. The summed E-state index contributed by atoms with van der Waals surface area (Å²) in [6.07, 6.45) is 0.747. The van der Waals surface area contributed by atoms with E-state index in [0.717, 1.165) is 19.5 Å². The largest absolute Gasteiger partial charge is 0.326 e. The molecule has 2 heterocycles. The van der Waals surface area contributed by atoms with Crippen molar-refractivity contribution < 1.29 is 8.42 Å². The summed E-state index contributed by atoms with van der Waals surface area (Å²) in [5, 5.41) is 0. The van der Waals surface area contributed by atoms with E-state index in [1.807, 2.05) is 0 Å². The average molecular weight is 274 g/mol. The van der Waals surface area contributed by atoms with Crippen LogP contribution in [0.4, 0.5) is 0 Å². The van der Waals surface area contributed by atoms with Gasteiger partial charge in [0.05, 0.1) is 11.5 Å². The Hall–Kier alpha value is -0.430. The maximum Gasteiger partial charge on any atom is 0.151 e. The molecule has 0 amide bonds. The molecule has 1 fully saturated rings. The van der Waals surface area contributed by atoms with Crippen LogP contribution in [0.25, 0.3) is 0 Å². The Kier molecular flexibility index (Phi) is 4.19. The highest BCUT2D eigenvalue weighted by Gasteiger charge is 2.19. The summed E-state index contributed by atoms with van der Waals surface area (Å²) in [5.74, 6) is 0.629. The summed E-state index contributed by atoms with van der Waals surface area (Å²) in [7, 11) is -2.80. The van der Waals surface area contributed by atoms with Crippen LogP contribution in [0.3, 0.4) is 0 Å². The normalized spacial score (nSPS) is 21.2. The molecule has 6 heteroatoms.